The fourth-order valence-electron chi connectivity index (χ4n) is 1.48. The lowest BCUT2D eigenvalue weighted by molar-refractivity contribution is 0.00897. The Kier molecular flexibility index (Phi) is 11.0. The van der Waals surface area contributed by atoms with Crippen LogP contribution in [0.2, 0.25) is 0 Å². The Bertz CT molecular complexity index is 367. The van der Waals surface area contributed by atoms with E-state index in [4.69, 9.17) is 18.9 Å². The molecule has 0 saturated heterocycles. The van der Waals surface area contributed by atoms with E-state index in [9.17, 15) is 4.79 Å². The minimum atomic E-state index is 0.467. The molecule has 0 aliphatic carbocycles. The number of rotatable bonds is 14. The van der Waals surface area contributed by atoms with Crippen LogP contribution in [-0.2, 0) is 14.2 Å². The van der Waals surface area contributed by atoms with E-state index in [-0.39, 0.29) is 0 Å². The molecule has 0 unspecified atom stereocenters. The van der Waals surface area contributed by atoms with Crippen molar-refractivity contribution in [1.82, 2.24) is 0 Å². The minimum absolute atomic E-state index is 0.467. The quantitative estimate of drug-likeness (QED) is 0.390. The second-order valence-electron chi connectivity index (χ2n) is 4.34. The molecule has 0 fully saturated rings. The maximum Gasteiger partial charge on any atom is 0.160 e. The fourth-order valence-corrected chi connectivity index (χ4v) is 2.11. The highest BCUT2D eigenvalue weighted by Gasteiger charge is 1.99. The highest BCUT2D eigenvalue weighted by Crippen LogP contribution is 2.19. The SMILES string of the molecule is CCCCOCCOCCOCCOc1csc(C=O)c1. The Balaban J connectivity index is 1.81. The number of ether oxygens (including phenoxy) is 4. The largest absolute Gasteiger partial charge is 0.490 e. The molecule has 120 valence electrons. The first-order valence-electron chi connectivity index (χ1n) is 7.26. The van der Waals surface area contributed by atoms with Gasteiger partial charge in [0.15, 0.2) is 6.29 Å². The summed E-state index contributed by atoms with van der Waals surface area (Å²) in [5.41, 5.74) is 0. The van der Waals surface area contributed by atoms with E-state index in [1.54, 1.807) is 6.07 Å². The van der Waals surface area contributed by atoms with Gasteiger partial charge >= 0.3 is 0 Å². The zero-order valence-corrected chi connectivity index (χ0v) is 13.4. The van der Waals surface area contributed by atoms with Gasteiger partial charge in [-0.05, 0) is 6.42 Å². The number of carbonyl (C=O) groups excluding carboxylic acids is 1. The number of carbonyl (C=O) groups is 1. The van der Waals surface area contributed by atoms with Crippen LogP contribution in [0.4, 0.5) is 0 Å². The van der Waals surface area contributed by atoms with Crippen molar-refractivity contribution in [2.24, 2.45) is 0 Å². The molecule has 1 aromatic heterocycles. The molecule has 0 aromatic carbocycles. The Labute approximate surface area is 130 Å². The van der Waals surface area contributed by atoms with Gasteiger partial charge < -0.3 is 18.9 Å². The van der Waals surface area contributed by atoms with Gasteiger partial charge in [-0.15, -0.1) is 11.3 Å². The molecular formula is C15H24O5S. The van der Waals surface area contributed by atoms with Crippen LogP contribution in [0.5, 0.6) is 5.75 Å². The summed E-state index contributed by atoms with van der Waals surface area (Å²) in [4.78, 5) is 11.2. The lowest BCUT2D eigenvalue weighted by atomic mass is 10.4. The van der Waals surface area contributed by atoms with E-state index in [1.807, 2.05) is 5.38 Å². The summed E-state index contributed by atoms with van der Waals surface area (Å²) in [5, 5.41) is 1.81. The molecule has 1 rings (SSSR count). The van der Waals surface area contributed by atoms with Crippen LogP contribution in [0.1, 0.15) is 29.4 Å². The molecule has 6 heteroatoms. The monoisotopic (exact) mass is 316 g/mol. The molecule has 0 spiro atoms. The number of thiophene rings is 1. The average molecular weight is 316 g/mol. The zero-order chi connectivity index (χ0) is 15.2. The second-order valence-corrected chi connectivity index (χ2v) is 5.28. The molecular weight excluding hydrogens is 292 g/mol. The minimum Gasteiger partial charge on any atom is -0.490 e. The number of unbranched alkanes of at least 4 members (excludes halogenated alkanes) is 1. The predicted octanol–water partition coefficient (Wildman–Crippen LogP) is 2.79. The highest BCUT2D eigenvalue weighted by molar-refractivity contribution is 7.11. The third kappa shape index (κ3) is 9.57. The van der Waals surface area contributed by atoms with Crippen molar-refractivity contribution < 1.29 is 23.7 Å². The summed E-state index contributed by atoms with van der Waals surface area (Å²) >= 11 is 1.37. The first kappa shape index (κ1) is 18.1. The summed E-state index contributed by atoms with van der Waals surface area (Å²) in [5.74, 6) is 0.714. The molecule has 5 nitrogen and oxygen atoms in total. The van der Waals surface area contributed by atoms with Crippen molar-refractivity contribution in [3.05, 3.63) is 16.3 Å². The number of hydrogen-bond acceptors (Lipinski definition) is 6. The molecule has 0 amide bonds. The van der Waals surface area contributed by atoms with E-state index in [0.29, 0.717) is 50.3 Å². The molecule has 0 aliphatic heterocycles. The van der Waals surface area contributed by atoms with Crippen LogP contribution in [0.15, 0.2) is 11.4 Å². The maximum atomic E-state index is 10.5. The van der Waals surface area contributed by atoms with Crippen molar-refractivity contribution >= 4 is 17.6 Å². The van der Waals surface area contributed by atoms with Crippen molar-refractivity contribution in [3.8, 4) is 5.75 Å². The molecule has 21 heavy (non-hydrogen) atoms. The topological polar surface area (TPSA) is 54.0 Å². The van der Waals surface area contributed by atoms with Crippen LogP contribution >= 0.6 is 11.3 Å². The van der Waals surface area contributed by atoms with Gasteiger partial charge in [-0.1, -0.05) is 13.3 Å². The molecule has 0 radical (unpaired) electrons. The summed E-state index contributed by atoms with van der Waals surface area (Å²) in [6, 6.07) is 1.72. The van der Waals surface area contributed by atoms with Gasteiger partial charge in [0.2, 0.25) is 0 Å². The highest BCUT2D eigenvalue weighted by atomic mass is 32.1. The van der Waals surface area contributed by atoms with Gasteiger partial charge in [-0.2, -0.15) is 0 Å². The molecule has 0 atom stereocenters. The first-order chi connectivity index (χ1) is 10.4. The van der Waals surface area contributed by atoms with Crippen LogP contribution in [-0.4, -0.2) is 52.5 Å². The van der Waals surface area contributed by atoms with E-state index in [0.717, 1.165) is 25.7 Å². The van der Waals surface area contributed by atoms with Crippen molar-refractivity contribution in [1.29, 1.82) is 0 Å². The van der Waals surface area contributed by atoms with Crippen LogP contribution < -0.4 is 4.74 Å². The normalized spacial score (nSPS) is 10.7. The third-order valence-corrected chi connectivity index (χ3v) is 3.43. The molecule has 0 aliphatic rings. The standard InChI is InChI=1S/C15H24O5S/c1-2-3-4-17-5-6-18-7-8-19-9-10-20-14-11-15(12-16)21-13-14/h11-13H,2-10H2,1H3. The first-order valence-corrected chi connectivity index (χ1v) is 8.14. The van der Waals surface area contributed by atoms with Gasteiger partial charge in [0.05, 0.1) is 37.9 Å². The van der Waals surface area contributed by atoms with Gasteiger partial charge in [-0.3, -0.25) is 4.79 Å². The van der Waals surface area contributed by atoms with Gasteiger partial charge in [-0.25, -0.2) is 0 Å². The molecule has 0 saturated carbocycles. The van der Waals surface area contributed by atoms with Crippen LogP contribution in [0.3, 0.4) is 0 Å². The summed E-state index contributed by atoms with van der Waals surface area (Å²) < 4.78 is 21.6. The van der Waals surface area contributed by atoms with Gasteiger partial charge in [0, 0.05) is 18.1 Å². The molecule has 0 bridgehead atoms. The van der Waals surface area contributed by atoms with Crippen molar-refractivity contribution in [2.75, 3.05) is 46.2 Å². The predicted molar refractivity (Wildman–Crippen MR) is 82.6 cm³/mol. The van der Waals surface area contributed by atoms with E-state index < -0.39 is 0 Å². The smallest absolute Gasteiger partial charge is 0.160 e. The second kappa shape index (κ2) is 12.8. The molecule has 1 heterocycles. The van der Waals surface area contributed by atoms with E-state index in [2.05, 4.69) is 6.92 Å². The van der Waals surface area contributed by atoms with E-state index in [1.165, 1.54) is 11.3 Å². The van der Waals surface area contributed by atoms with Crippen molar-refractivity contribution in [2.45, 2.75) is 19.8 Å². The molecule has 0 N–H and O–H groups in total. The van der Waals surface area contributed by atoms with E-state index >= 15 is 0 Å². The lowest BCUT2D eigenvalue weighted by Gasteiger charge is -2.07. The summed E-state index contributed by atoms with van der Waals surface area (Å²) in [6.45, 7) is 6.26. The fraction of sp³-hybridized carbons (Fsp3) is 0.667. The van der Waals surface area contributed by atoms with Gasteiger partial charge in [0.25, 0.3) is 0 Å². The van der Waals surface area contributed by atoms with Gasteiger partial charge in [0.1, 0.15) is 12.4 Å². The zero-order valence-electron chi connectivity index (χ0n) is 12.5. The summed E-state index contributed by atoms with van der Waals surface area (Å²) in [6.07, 6.45) is 3.07. The number of hydrogen-bond donors (Lipinski definition) is 0. The Morgan fingerprint density at radius 2 is 1.62 bits per heavy atom. The molecule has 1 aromatic rings. The third-order valence-electron chi connectivity index (χ3n) is 2.59. The Morgan fingerprint density at radius 1 is 1.00 bits per heavy atom. The summed E-state index contributed by atoms with van der Waals surface area (Å²) in [7, 11) is 0. The van der Waals surface area contributed by atoms with Crippen molar-refractivity contribution in [3.63, 3.8) is 0 Å². The van der Waals surface area contributed by atoms with Crippen LogP contribution in [0, 0.1) is 0 Å². The average Bonchev–Trinajstić information content (AvgIpc) is 2.96. The Morgan fingerprint density at radius 3 is 2.19 bits per heavy atom. The maximum absolute atomic E-state index is 10.5. The van der Waals surface area contributed by atoms with Crippen LogP contribution in [0.25, 0.3) is 0 Å². The number of aldehydes is 1. The Hall–Kier alpha value is -0.950. The lowest BCUT2D eigenvalue weighted by Crippen LogP contribution is -2.12.